The number of piperidine rings is 1. The first-order chi connectivity index (χ1) is 10.1. The molecule has 0 saturated carbocycles. The molecule has 5 heteroatoms. The minimum absolute atomic E-state index is 0.0346. The topological polar surface area (TPSA) is 58.6 Å². The molecule has 0 aromatic rings. The van der Waals surface area contributed by atoms with Crippen molar-refractivity contribution in [2.75, 3.05) is 26.2 Å². The Morgan fingerprint density at radius 1 is 1.29 bits per heavy atom. The maximum absolute atomic E-state index is 12.9. The van der Waals surface area contributed by atoms with Gasteiger partial charge in [-0.05, 0) is 45.6 Å². The van der Waals surface area contributed by atoms with Crippen molar-refractivity contribution in [1.29, 1.82) is 0 Å². The van der Waals surface area contributed by atoms with Gasteiger partial charge in [-0.3, -0.25) is 9.59 Å². The number of carbonyl (C=O) groups is 2. The SMILES string of the molecule is CCCC1(C(=O)N2CCC(C(=O)OCC)CC2)CCCN1. The van der Waals surface area contributed by atoms with Crippen LogP contribution in [0.25, 0.3) is 0 Å². The van der Waals surface area contributed by atoms with Crippen LogP contribution in [0.4, 0.5) is 0 Å². The Morgan fingerprint density at radius 2 is 2.00 bits per heavy atom. The summed E-state index contributed by atoms with van der Waals surface area (Å²) in [6, 6.07) is 0. The third kappa shape index (κ3) is 3.57. The van der Waals surface area contributed by atoms with Crippen LogP contribution < -0.4 is 5.32 Å². The summed E-state index contributed by atoms with van der Waals surface area (Å²) >= 11 is 0. The number of hydrogen-bond donors (Lipinski definition) is 1. The molecule has 5 nitrogen and oxygen atoms in total. The van der Waals surface area contributed by atoms with Crippen LogP contribution in [-0.4, -0.2) is 48.6 Å². The van der Waals surface area contributed by atoms with E-state index in [1.54, 1.807) is 0 Å². The first-order valence-corrected chi connectivity index (χ1v) is 8.34. The molecule has 2 aliphatic heterocycles. The Morgan fingerprint density at radius 3 is 2.52 bits per heavy atom. The average molecular weight is 296 g/mol. The van der Waals surface area contributed by atoms with E-state index in [-0.39, 0.29) is 23.3 Å². The molecule has 0 bridgehead atoms. The highest BCUT2D eigenvalue weighted by molar-refractivity contribution is 5.87. The van der Waals surface area contributed by atoms with Crippen molar-refractivity contribution in [2.24, 2.45) is 5.92 Å². The molecule has 2 aliphatic rings. The van der Waals surface area contributed by atoms with Crippen LogP contribution in [0.3, 0.4) is 0 Å². The van der Waals surface area contributed by atoms with Gasteiger partial charge in [0.2, 0.25) is 5.91 Å². The lowest BCUT2D eigenvalue weighted by atomic mass is 9.88. The number of rotatable bonds is 5. The molecule has 0 aliphatic carbocycles. The molecule has 2 saturated heterocycles. The van der Waals surface area contributed by atoms with E-state index in [4.69, 9.17) is 4.74 Å². The van der Waals surface area contributed by atoms with Crippen molar-refractivity contribution >= 4 is 11.9 Å². The lowest BCUT2D eigenvalue weighted by molar-refractivity contribution is -0.152. The van der Waals surface area contributed by atoms with Gasteiger partial charge in [-0.1, -0.05) is 13.3 Å². The van der Waals surface area contributed by atoms with Crippen LogP contribution in [0.5, 0.6) is 0 Å². The van der Waals surface area contributed by atoms with Crippen LogP contribution in [0.15, 0.2) is 0 Å². The Hall–Kier alpha value is -1.10. The fourth-order valence-electron chi connectivity index (χ4n) is 3.62. The minimum Gasteiger partial charge on any atom is -0.466 e. The standard InChI is InChI=1S/C16H28N2O3/c1-3-8-16(9-5-10-17-16)15(20)18-11-6-13(7-12-18)14(19)21-4-2/h13,17H,3-12H2,1-2H3. The van der Waals surface area contributed by atoms with E-state index < -0.39 is 0 Å². The van der Waals surface area contributed by atoms with E-state index in [0.29, 0.717) is 19.7 Å². The lowest BCUT2D eigenvalue weighted by Gasteiger charge is -2.38. The quantitative estimate of drug-likeness (QED) is 0.785. The summed E-state index contributed by atoms with van der Waals surface area (Å²) < 4.78 is 5.08. The summed E-state index contributed by atoms with van der Waals surface area (Å²) in [5, 5.41) is 3.44. The molecule has 1 atom stereocenters. The number of likely N-dealkylation sites (tertiary alicyclic amines) is 1. The highest BCUT2D eigenvalue weighted by Gasteiger charge is 2.43. The molecule has 120 valence electrons. The van der Waals surface area contributed by atoms with Crippen LogP contribution >= 0.6 is 0 Å². The fourth-order valence-corrected chi connectivity index (χ4v) is 3.62. The highest BCUT2D eigenvalue weighted by atomic mass is 16.5. The van der Waals surface area contributed by atoms with E-state index in [1.807, 2.05) is 11.8 Å². The van der Waals surface area contributed by atoms with Gasteiger partial charge in [-0.15, -0.1) is 0 Å². The van der Waals surface area contributed by atoms with Gasteiger partial charge in [0, 0.05) is 13.1 Å². The lowest BCUT2D eigenvalue weighted by Crippen LogP contribution is -2.56. The van der Waals surface area contributed by atoms with Crippen molar-refractivity contribution < 1.29 is 14.3 Å². The molecule has 21 heavy (non-hydrogen) atoms. The molecular formula is C16H28N2O3. The molecule has 0 aromatic carbocycles. The number of amides is 1. The number of hydrogen-bond acceptors (Lipinski definition) is 4. The molecule has 0 aromatic heterocycles. The Balaban J connectivity index is 1.92. The van der Waals surface area contributed by atoms with Crippen LogP contribution in [0, 0.1) is 5.92 Å². The predicted octanol–water partition coefficient (Wildman–Crippen LogP) is 1.71. The number of carbonyl (C=O) groups excluding carboxylic acids is 2. The first kappa shape index (κ1) is 16.3. The van der Waals surface area contributed by atoms with Gasteiger partial charge in [0.1, 0.15) is 0 Å². The number of nitrogens with zero attached hydrogens (tertiary/aromatic N) is 1. The zero-order valence-corrected chi connectivity index (χ0v) is 13.3. The molecular weight excluding hydrogens is 268 g/mol. The van der Waals surface area contributed by atoms with Gasteiger partial charge in [0.05, 0.1) is 18.1 Å². The second-order valence-corrected chi connectivity index (χ2v) is 6.18. The number of esters is 1. The van der Waals surface area contributed by atoms with Crippen molar-refractivity contribution in [3.05, 3.63) is 0 Å². The van der Waals surface area contributed by atoms with E-state index in [9.17, 15) is 9.59 Å². The summed E-state index contributed by atoms with van der Waals surface area (Å²) in [5.41, 5.74) is -0.342. The summed E-state index contributed by atoms with van der Waals surface area (Å²) in [6.45, 7) is 6.68. The fraction of sp³-hybridized carbons (Fsp3) is 0.875. The van der Waals surface area contributed by atoms with Gasteiger partial charge in [0.15, 0.2) is 0 Å². The summed E-state index contributed by atoms with van der Waals surface area (Å²) in [7, 11) is 0. The second kappa shape index (κ2) is 7.25. The Kier molecular flexibility index (Phi) is 5.62. The monoisotopic (exact) mass is 296 g/mol. The van der Waals surface area contributed by atoms with Gasteiger partial charge in [-0.2, -0.15) is 0 Å². The molecule has 2 fully saturated rings. The molecule has 0 radical (unpaired) electrons. The maximum atomic E-state index is 12.9. The molecule has 0 spiro atoms. The third-order valence-electron chi connectivity index (χ3n) is 4.73. The zero-order chi connectivity index (χ0) is 15.3. The summed E-state index contributed by atoms with van der Waals surface area (Å²) in [4.78, 5) is 26.6. The summed E-state index contributed by atoms with van der Waals surface area (Å²) in [5.74, 6) is 0.101. The third-order valence-corrected chi connectivity index (χ3v) is 4.73. The molecule has 2 heterocycles. The molecule has 1 N–H and O–H groups in total. The molecule has 1 amide bonds. The van der Waals surface area contributed by atoms with Gasteiger partial charge < -0.3 is 15.0 Å². The van der Waals surface area contributed by atoms with Crippen molar-refractivity contribution in [2.45, 2.75) is 57.9 Å². The van der Waals surface area contributed by atoms with Crippen molar-refractivity contribution in [3.8, 4) is 0 Å². The second-order valence-electron chi connectivity index (χ2n) is 6.18. The highest BCUT2D eigenvalue weighted by Crippen LogP contribution is 2.29. The molecule has 1 unspecified atom stereocenters. The van der Waals surface area contributed by atoms with E-state index in [1.165, 1.54) is 0 Å². The Labute approximate surface area is 127 Å². The predicted molar refractivity (Wildman–Crippen MR) is 80.8 cm³/mol. The van der Waals surface area contributed by atoms with Crippen molar-refractivity contribution in [1.82, 2.24) is 10.2 Å². The van der Waals surface area contributed by atoms with Gasteiger partial charge in [-0.25, -0.2) is 0 Å². The Bertz CT molecular complexity index is 370. The van der Waals surface area contributed by atoms with Crippen molar-refractivity contribution in [3.63, 3.8) is 0 Å². The van der Waals surface area contributed by atoms with E-state index in [0.717, 1.165) is 45.1 Å². The minimum atomic E-state index is -0.342. The zero-order valence-electron chi connectivity index (χ0n) is 13.3. The first-order valence-electron chi connectivity index (χ1n) is 8.34. The normalized spacial score (nSPS) is 26.9. The summed E-state index contributed by atoms with van der Waals surface area (Å²) in [6.07, 6.45) is 5.39. The number of nitrogens with one attached hydrogen (secondary N) is 1. The smallest absolute Gasteiger partial charge is 0.309 e. The van der Waals surface area contributed by atoms with Crippen LogP contribution in [-0.2, 0) is 14.3 Å². The number of ether oxygens (including phenoxy) is 1. The van der Waals surface area contributed by atoms with Gasteiger partial charge >= 0.3 is 5.97 Å². The molecule has 2 rings (SSSR count). The van der Waals surface area contributed by atoms with E-state index in [2.05, 4.69) is 12.2 Å². The van der Waals surface area contributed by atoms with Crippen LogP contribution in [0.2, 0.25) is 0 Å². The maximum Gasteiger partial charge on any atom is 0.309 e. The van der Waals surface area contributed by atoms with E-state index >= 15 is 0 Å². The average Bonchev–Trinajstić information content (AvgIpc) is 2.97. The van der Waals surface area contributed by atoms with Gasteiger partial charge in [0.25, 0.3) is 0 Å². The van der Waals surface area contributed by atoms with Crippen LogP contribution in [0.1, 0.15) is 52.4 Å². The largest absolute Gasteiger partial charge is 0.466 e.